The Morgan fingerprint density at radius 1 is 1.44 bits per heavy atom. The fourth-order valence-corrected chi connectivity index (χ4v) is 0.947. The lowest BCUT2D eigenvalue weighted by molar-refractivity contribution is 0.418. The van der Waals surface area contributed by atoms with Gasteiger partial charge in [0.05, 0.1) is 0 Å². The molecule has 0 N–H and O–H groups in total. The Morgan fingerprint density at radius 3 is 2.00 bits per heavy atom. The van der Waals surface area contributed by atoms with Gasteiger partial charge in [0.15, 0.2) is 0 Å². The Balaban J connectivity index is 3.68. The van der Waals surface area contributed by atoms with E-state index in [0.29, 0.717) is 0 Å². The number of halogens is 1. The highest BCUT2D eigenvalue weighted by molar-refractivity contribution is 9.11. The van der Waals surface area contributed by atoms with Gasteiger partial charge in [0.1, 0.15) is 0 Å². The summed E-state index contributed by atoms with van der Waals surface area (Å²) in [6.07, 6.45) is 2.11. The average molecular weight is 192 g/mol. The van der Waals surface area contributed by atoms with Gasteiger partial charge in [-0.15, -0.1) is 0 Å². The maximum atomic E-state index is 3.38. The van der Waals surface area contributed by atoms with Crippen molar-refractivity contribution in [2.45, 2.75) is 20.8 Å². The Labute approximate surface area is 65.9 Å². The van der Waals surface area contributed by atoms with Crippen molar-refractivity contribution in [3.8, 4) is 0 Å². The van der Waals surface area contributed by atoms with Crippen molar-refractivity contribution in [3.05, 3.63) is 10.7 Å². The van der Waals surface area contributed by atoms with E-state index in [1.54, 1.807) is 0 Å². The normalized spacial score (nSPS) is 11.8. The maximum Gasteiger partial charge on any atom is 0.0144 e. The number of hydrogen-bond donors (Lipinski definition) is 0. The summed E-state index contributed by atoms with van der Waals surface area (Å²) in [5.41, 5.74) is 0. The Hall–Kier alpha value is 0.0200. The lowest BCUT2D eigenvalue weighted by Gasteiger charge is -2.14. The van der Waals surface area contributed by atoms with Crippen LogP contribution in [0.4, 0.5) is 0 Å². The number of nitrogens with zero attached hydrogens (tertiary/aromatic N) is 1. The van der Waals surface area contributed by atoms with Crippen molar-refractivity contribution in [2.75, 3.05) is 13.1 Å². The molecule has 54 valence electrons. The number of hydrogen-bond acceptors (Lipinski definition) is 1. The Kier molecular flexibility index (Phi) is 4.87. The smallest absolute Gasteiger partial charge is 0.0144 e. The van der Waals surface area contributed by atoms with Gasteiger partial charge >= 0.3 is 0 Å². The van der Waals surface area contributed by atoms with Crippen LogP contribution in [0.1, 0.15) is 20.8 Å². The van der Waals surface area contributed by atoms with Crippen LogP contribution in [0.3, 0.4) is 0 Å². The molecule has 9 heavy (non-hydrogen) atoms. The molecular weight excluding hydrogens is 178 g/mol. The second-order valence-electron chi connectivity index (χ2n) is 1.94. The zero-order chi connectivity index (χ0) is 7.28. The van der Waals surface area contributed by atoms with E-state index < -0.39 is 0 Å². The van der Waals surface area contributed by atoms with Crippen molar-refractivity contribution in [3.63, 3.8) is 0 Å². The maximum absolute atomic E-state index is 3.38. The van der Waals surface area contributed by atoms with Crippen LogP contribution in [0.2, 0.25) is 0 Å². The van der Waals surface area contributed by atoms with Crippen LogP contribution < -0.4 is 0 Å². The molecule has 0 aliphatic heterocycles. The van der Waals surface area contributed by atoms with Gasteiger partial charge in [0.25, 0.3) is 0 Å². The van der Waals surface area contributed by atoms with Gasteiger partial charge in [-0.3, -0.25) is 0 Å². The predicted octanol–water partition coefficient (Wildman–Crippen LogP) is 2.58. The third-order valence-corrected chi connectivity index (χ3v) is 1.38. The molecule has 0 amide bonds. The molecule has 0 atom stereocenters. The summed E-state index contributed by atoms with van der Waals surface area (Å²) in [7, 11) is 0. The first kappa shape index (κ1) is 9.02. The summed E-state index contributed by atoms with van der Waals surface area (Å²) in [5.74, 6) is 0. The van der Waals surface area contributed by atoms with E-state index in [1.807, 2.05) is 6.92 Å². The molecule has 0 rings (SSSR count). The van der Waals surface area contributed by atoms with Crippen molar-refractivity contribution in [2.24, 2.45) is 0 Å². The van der Waals surface area contributed by atoms with Crippen LogP contribution >= 0.6 is 15.9 Å². The lowest BCUT2D eigenvalue weighted by Crippen LogP contribution is -2.15. The van der Waals surface area contributed by atoms with E-state index in [1.165, 1.54) is 4.48 Å². The first-order valence-corrected chi connectivity index (χ1v) is 4.08. The monoisotopic (exact) mass is 191 g/mol. The van der Waals surface area contributed by atoms with Crippen LogP contribution in [0.15, 0.2) is 10.7 Å². The fraction of sp³-hybridized carbons (Fsp3) is 0.714. The molecule has 0 saturated carbocycles. The molecule has 0 aromatic heterocycles. The minimum atomic E-state index is 1.08. The minimum absolute atomic E-state index is 1.08. The summed E-state index contributed by atoms with van der Waals surface area (Å²) >= 11 is 3.38. The highest BCUT2D eigenvalue weighted by Gasteiger charge is 1.89. The van der Waals surface area contributed by atoms with Gasteiger partial charge in [0.2, 0.25) is 0 Å². The molecule has 0 radical (unpaired) electrons. The van der Waals surface area contributed by atoms with E-state index in [2.05, 4.69) is 40.9 Å². The van der Waals surface area contributed by atoms with E-state index in [4.69, 9.17) is 0 Å². The molecule has 0 bridgehead atoms. The minimum Gasteiger partial charge on any atom is -0.377 e. The molecule has 2 heteroatoms. The van der Waals surface area contributed by atoms with Gasteiger partial charge in [-0.1, -0.05) is 15.9 Å². The molecule has 0 heterocycles. The standard InChI is InChI=1S/C7H14BrN/c1-4-9(5-2)6-7(3)8/h6H,4-5H2,1-3H3. The molecule has 0 fully saturated rings. The summed E-state index contributed by atoms with van der Waals surface area (Å²) in [4.78, 5) is 2.24. The summed E-state index contributed by atoms with van der Waals surface area (Å²) < 4.78 is 1.19. The van der Waals surface area contributed by atoms with Crippen molar-refractivity contribution in [1.29, 1.82) is 0 Å². The molecule has 0 unspecified atom stereocenters. The molecule has 0 aromatic carbocycles. The molecular formula is C7H14BrN. The van der Waals surface area contributed by atoms with E-state index in [-0.39, 0.29) is 0 Å². The van der Waals surface area contributed by atoms with Crippen LogP contribution in [0, 0.1) is 0 Å². The summed E-state index contributed by atoms with van der Waals surface area (Å²) in [5, 5.41) is 0. The SMILES string of the molecule is CCN(C=C(C)Br)CC. The predicted molar refractivity (Wildman–Crippen MR) is 45.6 cm³/mol. The number of rotatable bonds is 3. The number of allylic oxidation sites excluding steroid dienone is 1. The Bertz CT molecular complexity index is 91.1. The van der Waals surface area contributed by atoms with E-state index in [9.17, 15) is 0 Å². The molecule has 1 nitrogen and oxygen atoms in total. The van der Waals surface area contributed by atoms with Crippen molar-refractivity contribution < 1.29 is 0 Å². The second kappa shape index (κ2) is 4.86. The average Bonchev–Trinajstić information content (AvgIpc) is 1.82. The first-order chi connectivity index (χ1) is 4.20. The summed E-state index contributed by atoms with van der Waals surface area (Å²) in [6.45, 7) is 8.50. The van der Waals surface area contributed by atoms with E-state index >= 15 is 0 Å². The van der Waals surface area contributed by atoms with Gasteiger partial charge in [0, 0.05) is 23.8 Å². The van der Waals surface area contributed by atoms with Gasteiger partial charge in [-0.05, 0) is 20.8 Å². The zero-order valence-corrected chi connectivity index (χ0v) is 7.90. The molecule has 0 aliphatic rings. The summed E-state index contributed by atoms with van der Waals surface area (Å²) in [6, 6.07) is 0. The quantitative estimate of drug-likeness (QED) is 0.664. The third-order valence-electron chi connectivity index (χ3n) is 1.17. The largest absolute Gasteiger partial charge is 0.377 e. The van der Waals surface area contributed by atoms with Gasteiger partial charge in [-0.25, -0.2) is 0 Å². The molecule has 0 saturated heterocycles. The van der Waals surface area contributed by atoms with Crippen LogP contribution in [0.25, 0.3) is 0 Å². The van der Waals surface area contributed by atoms with Crippen LogP contribution in [0.5, 0.6) is 0 Å². The van der Waals surface area contributed by atoms with E-state index in [0.717, 1.165) is 13.1 Å². The topological polar surface area (TPSA) is 3.24 Å². The third kappa shape index (κ3) is 4.52. The van der Waals surface area contributed by atoms with Crippen LogP contribution in [-0.2, 0) is 0 Å². The van der Waals surface area contributed by atoms with Gasteiger partial charge < -0.3 is 4.90 Å². The van der Waals surface area contributed by atoms with Crippen molar-refractivity contribution in [1.82, 2.24) is 4.90 Å². The Morgan fingerprint density at radius 2 is 1.89 bits per heavy atom. The van der Waals surface area contributed by atoms with Gasteiger partial charge in [-0.2, -0.15) is 0 Å². The molecule has 0 aliphatic carbocycles. The molecule has 0 aromatic rings. The zero-order valence-electron chi connectivity index (χ0n) is 6.32. The fourth-order valence-electron chi connectivity index (χ4n) is 0.658. The first-order valence-electron chi connectivity index (χ1n) is 3.28. The molecule has 0 spiro atoms. The highest BCUT2D eigenvalue weighted by Crippen LogP contribution is 2.03. The highest BCUT2D eigenvalue weighted by atomic mass is 79.9. The van der Waals surface area contributed by atoms with Crippen molar-refractivity contribution >= 4 is 15.9 Å². The second-order valence-corrected chi connectivity index (χ2v) is 3.19. The van der Waals surface area contributed by atoms with Crippen LogP contribution in [-0.4, -0.2) is 18.0 Å². The lowest BCUT2D eigenvalue weighted by atomic mass is 10.5.